The lowest BCUT2D eigenvalue weighted by Crippen LogP contribution is -2.49. The van der Waals surface area contributed by atoms with Gasteiger partial charge in [-0.25, -0.2) is 19.4 Å². The monoisotopic (exact) mass is 735 g/mol. The van der Waals surface area contributed by atoms with E-state index in [0.29, 0.717) is 6.42 Å². The van der Waals surface area contributed by atoms with Crippen LogP contribution in [0, 0.1) is 13.8 Å². The normalized spacial score (nSPS) is 13.6. The minimum absolute atomic E-state index is 0.00480. The van der Waals surface area contributed by atoms with Gasteiger partial charge >= 0.3 is 18.3 Å². The second-order valence-electron chi connectivity index (χ2n) is 17.5. The quantitative estimate of drug-likeness (QED) is 0.0834. The SMILES string of the molecule is Cc1cc(O[Si](C)(C)C(C)(C)C)cc(C)c1C[C@H](C)NC(=O)[C@@H](CCNC(=O)OC(C)(C)C)N=C(NC(=O)OC(C)(C)C)NC(=O)OC(C)(C)C. The summed E-state index contributed by atoms with van der Waals surface area (Å²) in [5.41, 5.74) is 0.752. The van der Waals surface area contributed by atoms with Gasteiger partial charge in [-0.15, -0.1) is 0 Å². The molecular weight excluding hydrogens is 671 g/mol. The minimum atomic E-state index is -2.04. The number of aryl methyl sites for hydroxylation is 2. The van der Waals surface area contributed by atoms with E-state index >= 15 is 0 Å². The summed E-state index contributed by atoms with van der Waals surface area (Å²) in [5, 5.41) is 10.5. The summed E-state index contributed by atoms with van der Waals surface area (Å²) in [6.45, 7) is 32.3. The Morgan fingerprint density at radius 1 is 0.745 bits per heavy atom. The number of ether oxygens (including phenoxy) is 3. The summed E-state index contributed by atoms with van der Waals surface area (Å²) in [6.07, 6.45) is -1.93. The van der Waals surface area contributed by atoms with E-state index in [1.54, 1.807) is 62.3 Å². The topological polar surface area (TPSA) is 166 Å². The van der Waals surface area contributed by atoms with Crippen molar-refractivity contribution in [3.05, 3.63) is 28.8 Å². The highest BCUT2D eigenvalue weighted by molar-refractivity contribution is 6.74. The van der Waals surface area contributed by atoms with Crippen LogP contribution in [0.3, 0.4) is 0 Å². The van der Waals surface area contributed by atoms with Crippen molar-refractivity contribution in [2.75, 3.05) is 6.54 Å². The highest BCUT2D eigenvalue weighted by Crippen LogP contribution is 2.38. The number of carbonyl (C=O) groups excluding carboxylic acids is 4. The van der Waals surface area contributed by atoms with Gasteiger partial charge < -0.3 is 29.3 Å². The summed E-state index contributed by atoms with van der Waals surface area (Å²) in [4.78, 5) is 56.1. The minimum Gasteiger partial charge on any atom is -0.543 e. The Kier molecular flexibility index (Phi) is 15.6. The predicted octanol–water partition coefficient (Wildman–Crippen LogP) is 7.42. The fourth-order valence-electron chi connectivity index (χ4n) is 4.41. The summed E-state index contributed by atoms with van der Waals surface area (Å²) < 4.78 is 22.6. The summed E-state index contributed by atoms with van der Waals surface area (Å²) >= 11 is 0. The number of guanidine groups is 1. The largest absolute Gasteiger partial charge is 0.543 e. The molecule has 0 fully saturated rings. The average molecular weight is 736 g/mol. The molecule has 0 saturated heterocycles. The molecule has 0 aliphatic heterocycles. The number of hydrogen-bond acceptors (Lipinski definition) is 9. The number of rotatable bonds is 10. The first-order chi connectivity index (χ1) is 22.9. The second-order valence-corrected chi connectivity index (χ2v) is 22.2. The van der Waals surface area contributed by atoms with Crippen LogP contribution in [0.15, 0.2) is 17.1 Å². The summed E-state index contributed by atoms with van der Waals surface area (Å²) in [5.74, 6) is -0.00449. The zero-order valence-corrected chi connectivity index (χ0v) is 35.1. The van der Waals surface area contributed by atoms with Crippen LogP contribution in [0.1, 0.15) is 113 Å². The molecule has 13 nitrogen and oxygen atoms in total. The van der Waals surface area contributed by atoms with Gasteiger partial charge in [-0.3, -0.25) is 15.4 Å². The van der Waals surface area contributed by atoms with Gasteiger partial charge in [0.2, 0.25) is 20.2 Å². The van der Waals surface area contributed by atoms with E-state index in [0.717, 1.165) is 22.4 Å². The van der Waals surface area contributed by atoms with Crippen molar-refractivity contribution in [3.63, 3.8) is 0 Å². The van der Waals surface area contributed by atoms with Gasteiger partial charge in [-0.05, 0) is 143 Å². The van der Waals surface area contributed by atoms with Gasteiger partial charge in [-0.2, -0.15) is 0 Å². The number of aliphatic imine (C=N–C) groups is 1. The van der Waals surface area contributed by atoms with Crippen molar-refractivity contribution in [1.29, 1.82) is 0 Å². The summed E-state index contributed by atoms with van der Waals surface area (Å²) in [6, 6.07) is 2.59. The molecule has 0 unspecified atom stereocenters. The van der Waals surface area contributed by atoms with E-state index in [1.807, 2.05) is 32.9 Å². The van der Waals surface area contributed by atoms with Crippen LogP contribution in [0.25, 0.3) is 0 Å². The van der Waals surface area contributed by atoms with Gasteiger partial charge in [0.25, 0.3) is 0 Å². The number of hydrogen-bond donors (Lipinski definition) is 4. The Labute approximate surface area is 306 Å². The fraction of sp³-hybridized carbons (Fsp3) is 0.703. The molecule has 4 amide bonds. The first kappa shape index (κ1) is 45.2. The number of nitrogens with zero attached hydrogens (tertiary/aromatic N) is 1. The molecule has 1 rings (SSSR count). The maximum absolute atomic E-state index is 13.8. The van der Waals surface area contributed by atoms with E-state index in [2.05, 4.69) is 60.1 Å². The number of amides is 4. The van der Waals surface area contributed by atoms with Crippen molar-refractivity contribution in [2.45, 2.75) is 164 Å². The van der Waals surface area contributed by atoms with Crippen molar-refractivity contribution in [3.8, 4) is 5.75 Å². The van der Waals surface area contributed by atoms with Gasteiger partial charge in [0.05, 0.1) is 0 Å². The molecule has 2 atom stereocenters. The maximum Gasteiger partial charge on any atom is 0.414 e. The number of carbonyl (C=O) groups is 4. The van der Waals surface area contributed by atoms with Crippen LogP contribution in [-0.2, 0) is 25.4 Å². The molecule has 0 aromatic heterocycles. The Morgan fingerprint density at radius 3 is 1.59 bits per heavy atom. The van der Waals surface area contributed by atoms with Crippen LogP contribution in [0.2, 0.25) is 18.1 Å². The number of nitrogens with one attached hydrogen (secondary N) is 4. The van der Waals surface area contributed by atoms with E-state index in [4.69, 9.17) is 18.6 Å². The fourth-order valence-corrected chi connectivity index (χ4v) is 5.42. The van der Waals surface area contributed by atoms with Crippen LogP contribution in [-0.4, -0.2) is 73.9 Å². The standard InChI is InChI=1S/C37H65N5O8Si/c1-23-20-26(50-51(16,17)37(13,14)15)21-24(2)27(23)22-25(3)39-29(43)28(18-19-38-31(44)47-34(4,5)6)40-30(41-32(45)48-35(7,8)9)42-33(46)49-36(10,11)12/h20-21,25,28H,18-19,22H2,1-17H3,(H,38,44)(H,39,43)(H2,40,41,42,45,46)/t25-,28+/m0/s1. The van der Waals surface area contributed by atoms with E-state index in [1.165, 1.54) is 0 Å². The Balaban J connectivity index is 3.38. The molecule has 1 aromatic carbocycles. The van der Waals surface area contributed by atoms with Gasteiger partial charge in [0.1, 0.15) is 28.6 Å². The molecule has 0 spiro atoms. The van der Waals surface area contributed by atoms with Crippen LogP contribution >= 0.6 is 0 Å². The molecule has 1 aromatic rings. The molecule has 4 N–H and O–H groups in total. The Morgan fingerprint density at radius 2 is 1.18 bits per heavy atom. The van der Waals surface area contributed by atoms with Crippen LogP contribution < -0.4 is 25.7 Å². The third-order valence-electron chi connectivity index (χ3n) is 7.66. The van der Waals surface area contributed by atoms with Gasteiger partial charge in [0.15, 0.2) is 0 Å². The van der Waals surface area contributed by atoms with Gasteiger partial charge in [0, 0.05) is 12.6 Å². The van der Waals surface area contributed by atoms with Crippen molar-refractivity contribution in [1.82, 2.24) is 21.3 Å². The first-order valence-electron chi connectivity index (χ1n) is 17.5. The molecule has 0 aliphatic rings. The zero-order valence-electron chi connectivity index (χ0n) is 34.1. The Bertz CT molecular complexity index is 1360. The zero-order chi connectivity index (χ0) is 39.8. The maximum atomic E-state index is 13.8. The lowest BCUT2D eigenvalue weighted by Gasteiger charge is -2.36. The molecular formula is C37H65N5O8Si. The smallest absolute Gasteiger partial charge is 0.414 e. The van der Waals surface area contributed by atoms with E-state index in [-0.39, 0.29) is 30.0 Å². The van der Waals surface area contributed by atoms with Crippen molar-refractivity contribution < 1.29 is 37.8 Å². The number of benzene rings is 1. The van der Waals surface area contributed by atoms with Crippen LogP contribution in [0.5, 0.6) is 5.75 Å². The molecule has 290 valence electrons. The molecule has 14 heteroatoms. The summed E-state index contributed by atoms with van der Waals surface area (Å²) in [7, 11) is -2.04. The number of alkyl carbamates (subject to hydrolysis) is 3. The molecule has 0 bridgehead atoms. The van der Waals surface area contributed by atoms with E-state index in [9.17, 15) is 19.2 Å². The third kappa shape index (κ3) is 17.8. The van der Waals surface area contributed by atoms with Crippen molar-refractivity contribution in [2.24, 2.45) is 4.99 Å². The van der Waals surface area contributed by atoms with Crippen molar-refractivity contribution >= 4 is 38.5 Å². The molecule has 0 radical (unpaired) electrons. The van der Waals surface area contributed by atoms with E-state index < -0.39 is 55.3 Å². The third-order valence-corrected chi connectivity index (χ3v) is 12.0. The highest BCUT2D eigenvalue weighted by atomic mass is 28.4. The molecule has 0 heterocycles. The highest BCUT2D eigenvalue weighted by Gasteiger charge is 2.39. The first-order valence-corrected chi connectivity index (χ1v) is 20.4. The lowest BCUT2D eigenvalue weighted by molar-refractivity contribution is -0.123. The molecule has 0 saturated carbocycles. The Hall–Kier alpha value is -3.81. The average Bonchev–Trinajstić information content (AvgIpc) is 2.85. The molecule has 51 heavy (non-hydrogen) atoms. The predicted molar refractivity (Wildman–Crippen MR) is 204 cm³/mol. The second kappa shape index (κ2) is 17.6. The van der Waals surface area contributed by atoms with Gasteiger partial charge in [-0.1, -0.05) is 20.8 Å². The molecule has 0 aliphatic carbocycles. The lowest BCUT2D eigenvalue weighted by atomic mass is 9.96. The van der Waals surface area contributed by atoms with Crippen LogP contribution in [0.4, 0.5) is 14.4 Å².